The molecule has 0 spiro atoms. The predicted molar refractivity (Wildman–Crippen MR) is 111 cm³/mol. The minimum absolute atomic E-state index is 0.0720. The summed E-state index contributed by atoms with van der Waals surface area (Å²) in [6, 6.07) is 0. The Morgan fingerprint density at radius 3 is 2.45 bits per heavy atom. The normalized spacial score (nSPS) is 21.0. The Morgan fingerprint density at radius 1 is 1.10 bits per heavy atom. The van der Waals surface area contributed by atoms with Gasteiger partial charge in [-0.2, -0.15) is 0 Å². The van der Waals surface area contributed by atoms with Crippen molar-refractivity contribution >= 4 is 34.4 Å². The van der Waals surface area contributed by atoms with E-state index in [0.717, 1.165) is 12.8 Å². The maximum atomic E-state index is 13.0. The molecule has 0 saturated carbocycles. The molecule has 2 aliphatic heterocycles. The molecule has 3 heterocycles. The first-order valence-electron chi connectivity index (χ1n) is 10.2. The maximum Gasteiger partial charge on any atom is 0.410 e. The lowest BCUT2D eigenvalue weighted by Crippen LogP contribution is -2.49. The van der Waals surface area contributed by atoms with Gasteiger partial charge in [0.2, 0.25) is 11.8 Å². The minimum atomic E-state index is -0.522. The number of nitrogens with zero attached hydrogens (tertiary/aromatic N) is 3. The molecule has 1 atom stereocenters. The van der Waals surface area contributed by atoms with Crippen LogP contribution in [0, 0.1) is 11.8 Å². The molecule has 1 aromatic rings. The number of carbonyl (C=O) groups is 3. The molecule has 0 bridgehead atoms. The van der Waals surface area contributed by atoms with Gasteiger partial charge in [0.05, 0.1) is 5.92 Å². The van der Waals surface area contributed by atoms with Crippen molar-refractivity contribution in [2.45, 2.75) is 52.1 Å². The molecule has 0 aromatic carbocycles. The van der Waals surface area contributed by atoms with Crippen molar-refractivity contribution in [3.63, 3.8) is 0 Å². The summed E-state index contributed by atoms with van der Waals surface area (Å²) in [6.45, 7) is 7.71. The lowest BCUT2D eigenvalue weighted by molar-refractivity contribution is -0.140. The van der Waals surface area contributed by atoms with Crippen LogP contribution in [0.3, 0.4) is 0 Å². The monoisotopic (exact) mass is 422 g/mol. The average Bonchev–Trinajstić information content (AvgIpc) is 3.19. The number of hydrogen-bond acceptors (Lipinski definition) is 6. The molecule has 9 heteroatoms. The average molecular weight is 423 g/mol. The topological polar surface area (TPSA) is 91.8 Å². The van der Waals surface area contributed by atoms with Gasteiger partial charge in [-0.3, -0.25) is 9.59 Å². The molecule has 2 saturated heterocycles. The first-order chi connectivity index (χ1) is 13.7. The molecular formula is C20H30N4O4S. The van der Waals surface area contributed by atoms with Crippen LogP contribution in [-0.2, 0) is 14.3 Å². The van der Waals surface area contributed by atoms with Crippen LogP contribution < -0.4 is 5.32 Å². The van der Waals surface area contributed by atoms with Crippen LogP contribution in [0.5, 0.6) is 0 Å². The van der Waals surface area contributed by atoms with Crippen LogP contribution in [-0.4, -0.2) is 64.5 Å². The van der Waals surface area contributed by atoms with E-state index in [1.165, 1.54) is 11.3 Å². The Hall–Kier alpha value is -2.16. The number of rotatable bonds is 3. The van der Waals surface area contributed by atoms with Crippen molar-refractivity contribution in [2.24, 2.45) is 11.8 Å². The van der Waals surface area contributed by atoms with E-state index < -0.39 is 5.60 Å². The summed E-state index contributed by atoms with van der Waals surface area (Å²) in [5, 5.41) is 5.25. The fourth-order valence-electron chi connectivity index (χ4n) is 3.78. The summed E-state index contributed by atoms with van der Waals surface area (Å²) in [4.78, 5) is 45.3. The van der Waals surface area contributed by atoms with Crippen molar-refractivity contribution in [3.05, 3.63) is 11.6 Å². The maximum absolute atomic E-state index is 13.0. The highest BCUT2D eigenvalue weighted by molar-refractivity contribution is 7.13. The second-order valence-electron chi connectivity index (χ2n) is 8.69. The number of piperidine rings is 2. The van der Waals surface area contributed by atoms with Crippen LogP contribution in [0.1, 0.15) is 46.5 Å². The van der Waals surface area contributed by atoms with Crippen molar-refractivity contribution in [3.8, 4) is 0 Å². The zero-order valence-corrected chi connectivity index (χ0v) is 18.2. The van der Waals surface area contributed by atoms with E-state index in [4.69, 9.17) is 4.74 Å². The van der Waals surface area contributed by atoms with Gasteiger partial charge in [0.15, 0.2) is 5.13 Å². The standard InChI is InChI=1S/C20H30N4O4S/c1-20(2,3)28-19(27)23-10-6-14(7-11-23)17(26)24-9-4-5-15(13-24)16(25)22-18-21-8-12-29-18/h8,12,14-15H,4-7,9-11,13H2,1-3H3,(H,21,22,25). The molecule has 1 N–H and O–H groups in total. The molecular weight excluding hydrogens is 392 g/mol. The molecule has 2 fully saturated rings. The molecule has 3 amide bonds. The SMILES string of the molecule is CC(C)(C)OC(=O)N1CCC(C(=O)N2CCCC(C(=O)Nc3nccs3)C2)CC1. The third-order valence-corrected chi connectivity index (χ3v) is 5.95. The summed E-state index contributed by atoms with van der Waals surface area (Å²) < 4.78 is 5.42. The molecule has 0 aliphatic carbocycles. The van der Waals surface area contributed by atoms with Crippen LogP contribution in [0.15, 0.2) is 11.6 Å². The quantitative estimate of drug-likeness (QED) is 0.809. The van der Waals surface area contributed by atoms with E-state index in [9.17, 15) is 14.4 Å². The first kappa shape index (κ1) is 21.5. The number of anilines is 1. The number of carbonyl (C=O) groups excluding carboxylic acids is 3. The summed E-state index contributed by atoms with van der Waals surface area (Å²) in [6.07, 6.45) is 4.19. The molecule has 29 heavy (non-hydrogen) atoms. The molecule has 1 aromatic heterocycles. The van der Waals surface area contributed by atoms with Crippen molar-refractivity contribution in [1.29, 1.82) is 0 Å². The predicted octanol–water partition coefficient (Wildman–Crippen LogP) is 2.97. The number of ether oxygens (including phenoxy) is 1. The Balaban J connectivity index is 1.49. The second kappa shape index (κ2) is 9.11. The molecule has 3 rings (SSSR count). The van der Waals surface area contributed by atoms with Gasteiger partial charge in [-0.25, -0.2) is 9.78 Å². The number of aromatic nitrogens is 1. The van der Waals surface area contributed by atoms with Crippen molar-refractivity contribution in [2.75, 3.05) is 31.5 Å². The summed E-state index contributed by atoms with van der Waals surface area (Å²) in [5.41, 5.74) is -0.522. The van der Waals surface area contributed by atoms with Crippen LogP contribution >= 0.6 is 11.3 Å². The molecule has 0 radical (unpaired) electrons. The van der Waals surface area contributed by atoms with Crippen molar-refractivity contribution in [1.82, 2.24) is 14.8 Å². The summed E-state index contributed by atoms with van der Waals surface area (Å²) >= 11 is 1.38. The fraction of sp³-hybridized carbons (Fsp3) is 0.700. The zero-order valence-electron chi connectivity index (χ0n) is 17.3. The van der Waals surface area contributed by atoms with E-state index >= 15 is 0 Å². The van der Waals surface area contributed by atoms with Gasteiger partial charge in [-0.15, -0.1) is 11.3 Å². The Kier molecular flexibility index (Phi) is 6.77. The summed E-state index contributed by atoms with van der Waals surface area (Å²) in [7, 11) is 0. The van der Waals surface area contributed by atoms with E-state index in [2.05, 4.69) is 10.3 Å². The van der Waals surface area contributed by atoms with Crippen LogP contribution in [0.2, 0.25) is 0 Å². The number of hydrogen-bond donors (Lipinski definition) is 1. The van der Waals surface area contributed by atoms with Gasteiger partial charge >= 0.3 is 6.09 Å². The van der Waals surface area contributed by atoms with Gasteiger partial charge in [-0.1, -0.05) is 0 Å². The Bertz CT molecular complexity index is 723. The molecule has 160 valence electrons. The number of amides is 3. The lowest BCUT2D eigenvalue weighted by atomic mass is 9.92. The molecule has 8 nitrogen and oxygen atoms in total. The highest BCUT2D eigenvalue weighted by Crippen LogP contribution is 2.25. The number of nitrogens with one attached hydrogen (secondary N) is 1. The van der Waals surface area contributed by atoms with Crippen molar-refractivity contribution < 1.29 is 19.1 Å². The van der Waals surface area contributed by atoms with E-state index in [0.29, 0.717) is 44.2 Å². The molecule has 1 unspecified atom stereocenters. The van der Waals surface area contributed by atoms with Crippen LogP contribution in [0.4, 0.5) is 9.93 Å². The Morgan fingerprint density at radius 2 is 1.83 bits per heavy atom. The minimum Gasteiger partial charge on any atom is -0.444 e. The smallest absolute Gasteiger partial charge is 0.410 e. The lowest BCUT2D eigenvalue weighted by Gasteiger charge is -2.37. The third-order valence-electron chi connectivity index (χ3n) is 5.26. The van der Waals surface area contributed by atoms with Gasteiger partial charge in [-0.05, 0) is 46.5 Å². The van der Waals surface area contributed by atoms with E-state index in [-0.39, 0.29) is 29.7 Å². The highest BCUT2D eigenvalue weighted by atomic mass is 32.1. The number of thiazole rings is 1. The second-order valence-corrected chi connectivity index (χ2v) is 9.59. The van der Waals surface area contributed by atoms with E-state index in [1.807, 2.05) is 31.1 Å². The zero-order chi connectivity index (χ0) is 21.0. The van der Waals surface area contributed by atoms with Gasteiger partial charge < -0.3 is 19.9 Å². The Labute approximate surface area is 175 Å². The third kappa shape index (κ3) is 5.91. The largest absolute Gasteiger partial charge is 0.444 e. The van der Waals surface area contributed by atoms with Gasteiger partial charge in [0.1, 0.15) is 5.60 Å². The first-order valence-corrected chi connectivity index (χ1v) is 11.1. The number of likely N-dealkylation sites (tertiary alicyclic amines) is 2. The van der Waals surface area contributed by atoms with E-state index in [1.54, 1.807) is 11.1 Å². The summed E-state index contributed by atoms with van der Waals surface area (Å²) in [5.74, 6) is -0.286. The highest BCUT2D eigenvalue weighted by Gasteiger charge is 2.35. The van der Waals surface area contributed by atoms with Gasteiger partial charge in [0.25, 0.3) is 0 Å². The van der Waals surface area contributed by atoms with Gasteiger partial charge in [0, 0.05) is 43.7 Å². The molecule has 2 aliphatic rings. The van der Waals surface area contributed by atoms with Crippen LogP contribution in [0.25, 0.3) is 0 Å². The fourth-order valence-corrected chi connectivity index (χ4v) is 4.31.